The summed E-state index contributed by atoms with van der Waals surface area (Å²) in [5.41, 5.74) is 1.45. The summed E-state index contributed by atoms with van der Waals surface area (Å²) < 4.78 is 6.12. The van der Waals surface area contributed by atoms with Gasteiger partial charge in [0.2, 0.25) is 5.82 Å². The van der Waals surface area contributed by atoms with Gasteiger partial charge in [-0.25, -0.2) is 4.79 Å². The molecule has 7 nitrogen and oxygen atoms in total. The van der Waals surface area contributed by atoms with E-state index in [0.29, 0.717) is 17.5 Å². The topological polar surface area (TPSA) is 68.2 Å². The summed E-state index contributed by atoms with van der Waals surface area (Å²) in [4.78, 5) is 37.9. The van der Waals surface area contributed by atoms with Crippen LogP contribution in [-0.2, 0) is 14.4 Å². The Hall–Kier alpha value is -3.03. The van der Waals surface area contributed by atoms with Crippen molar-refractivity contribution in [2.75, 3.05) is 14.1 Å². The molecular formula is C32H44N3O4+. The number of hydroxylamine groups is 2. The Morgan fingerprint density at radius 1 is 0.974 bits per heavy atom. The molecule has 3 aliphatic rings. The number of hydrogen-bond donors (Lipinski definition) is 0. The second-order valence-electron chi connectivity index (χ2n) is 13.6. The molecule has 1 amide bonds. The Bertz CT molecular complexity index is 1210. The molecule has 2 heterocycles. The zero-order valence-electron chi connectivity index (χ0n) is 24.9. The van der Waals surface area contributed by atoms with Gasteiger partial charge >= 0.3 is 12.1 Å². The van der Waals surface area contributed by atoms with Crippen molar-refractivity contribution in [3.8, 4) is 0 Å². The first kappa shape index (κ1) is 29.0. The fourth-order valence-corrected chi connectivity index (χ4v) is 6.09. The number of carbonyl (C=O) groups is 2. The lowest BCUT2D eigenvalue weighted by molar-refractivity contribution is -0.712. The maximum absolute atomic E-state index is 14.3. The molecule has 39 heavy (non-hydrogen) atoms. The highest BCUT2D eigenvalue weighted by molar-refractivity contribution is 6.27. The van der Waals surface area contributed by atoms with E-state index in [1.807, 2.05) is 30.3 Å². The lowest BCUT2D eigenvalue weighted by Gasteiger charge is -2.50. The Labute approximate surface area is 233 Å². The largest absolute Gasteiger partial charge is 0.551 e. The maximum atomic E-state index is 14.3. The maximum Gasteiger partial charge on any atom is 0.551 e. The number of quaternary nitrogens is 1. The molecule has 210 valence electrons. The third-order valence-electron chi connectivity index (χ3n) is 8.16. The third kappa shape index (κ3) is 5.80. The quantitative estimate of drug-likeness (QED) is 0.240. The fourth-order valence-electron chi connectivity index (χ4n) is 6.09. The van der Waals surface area contributed by atoms with Gasteiger partial charge in [-0.1, -0.05) is 78.8 Å². The first-order chi connectivity index (χ1) is 18.1. The molecule has 0 N–H and O–H groups in total. The SMILES string of the molecule is CC1CC(C(C)(C)C)C(OC(=O)C2=C[N+]3(C(=O)ON(C)C)C=CC=C3N=C2c2ccccc2)C(C(C)(C)C)C1. The average molecular weight is 535 g/mol. The van der Waals surface area contributed by atoms with Crippen LogP contribution in [-0.4, -0.2) is 47.5 Å². The van der Waals surface area contributed by atoms with Gasteiger partial charge in [0.1, 0.15) is 24.1 Å². The van der Waals surface area contributed by atoms with E-state index < -0.39 is 16.5 Å². The molecule has 2 aliphatic heterocycles. The second kappa shape index (κ2) is 10.5. The van der Waals surface area contributed by atoms with E-state index in [1.54, 1.807) is 38.6 Å². The summed E-state index contributed by atoms with van der Waals surface area (Å²) in [7, 11) is 3.29. The molecule has 0 radical (unpaired) electrons. The van der Waals surface area contributed by atoms with Crippen molar-refractivity contribution >= 4 is 17.8 Å². The van der Waals surface area contributed by atoms with Crippen molar-refractivity contribution in [1.29, 1.82) is 0 Å². The molecule has 1 aromatic rings. The molecule has 4 rings (SSSR count). The number of fused-ring (bicyclic) bond motifs is 1. The molecule has 3 atom stereocenters. The van der Waals surface area contributed by atoms with E-state index in [9.17, 15) is 9.59 Å². The van der Waals surface area contributed by atoms with Crippen LogP contribution in [0.1, 0.15) is 66.9 Å². The van der Waals surface area contributed by atoms with E-state index in [1.165, 1.54) is 5.06 Å². The first-order valence-electron chi connectivity index (χ1n) is 13.9. The number of allylic oxidation sites excluding steroid dienone is 2. The van der Waals surface area contributed by atoms with Gasteiger partial charge in [-0.15, -0.1) is 9.55 Å². The normalized spacial score (nSPS) is 28.8. The summed E-state index contributed by atoms with van der Waals surface area (Å²) in [6, 6.07) is 9.57. The van der Waals surface area contributed by atoms with E-state index in [4.69, 9.17) is 14.6 Å². The molecule has 3 unspecified atom stereocenters. The van der Waals surface area contributed by atoms with Crippen LogP contribution in [0.4, 0.5) is 4.79 Å². The minimum atomic E-state index is -0.576. The van der Waals surface area contributed by atoms with Crippen molar-refractivity contribution in [3.05, 3.63) is 71.8 Å². The number of nitrogens with zero attached hydrogens (tertiary/aromatic N) is 3. The van der Waals surface area contributed by atoms with Crippen LogP contribution < -0.4 is 0 Å². The highest BCUT2D eigenvalue weighted by Crippen LogP contribution is 2.50. The predicted molar refractivity (Wildman–Crippen MR) is 153 cm³/mol. The molecule has 0 spiro atoms. The molecular weight excluding hydrogens is 490 g/mol. The number of rotatable bonds is 4. The Kier molecular flexibility index (Phi) is 7.80. The minimum Gasteiger partial charge on any atom is -0.458 e. The first-order valence-corrected chi connectivity index (χ1v) is 13.9. The Balaban J connectivity index is 1.80. The zero-order valence-corrected chi connectivity index (χ0v) is 24.9. The van der Waals surface area contributed by atoms with Crippen LogP contribution in [0.3, 0.4) is 0 Å². The lowest BCUT2D eigenvalue weighted by atomic mass is 9.59. The van der Waals surface area contributed by atoms with Crippen LogP contribution >= 0.6 is 0 Å². The van der Waals surface area contributed by atoms with Gasteiger partial charge in [0.15, 0.2) is 0 Å². The lowest BCUT2D eigenvalue weighted by Crippen LogP contribution is -2.50. The van der Waals surface area contributed by atoms with Gasteiger partial charge < -0.3 is 9.57 Å². The summed E-state index contributed by atoms with van der Waals surface area (Å²) in [6.45, 7) is 15.7. The van der Waals surface area contributed by atoms with Gasteiger partial charge in [-0.2, -0.15) is 9.79 Å². The van der Waals surface area contributed by atoms with Crippen molar-refractivity contribution in [1.82, 2.24) is 5.06 Å². The number of amides is 1. The molecule has 0 aromatic heterocycles. The minimum absolute atomic E-state index is 0.0443. The number of benzene rings is 1. The average Bonchev–Trinajstić information content (AvgIpc) is 3.27. The molecule has 0 saturated heterocycles. The third-order valence-corrected chi connectivity index (χ3v) is 8.16. The van der Waals surface area contributed by atoms with Crippen molar-refractivity contribution in [2.45, 2.75) is 67.4 Å². The van der Waals surface area contributed by atoms with Crippen LogP contribution in [0.15, 0.2) is 71.3 Å². The summed E-state index contributed by atoms with van der Waals surface area (Å²) >= 11 is 0. The summed E-state index contributed by atoms with van der Waals surface area (Å²) in [6.07, 6.45) is 7.99. The van der Waals surface area contributed by atoms with Gasteiger partial charge in [0, 0.05) is 43.6 Å². The van der Waals surface area contributed by atoms with E-state index in [-0.39, 0.29) is 34.3 Å². The Morgan fingerprint density at radius 2 is 1.56 bits per heavy atom. The summed E-state index contributed by atoms with van der Waals surface area (Å²) in [5.74, 6) is 0.930. The van der Waals surface area contributed by atoms with Gasteiger partial charge in [0.25, 0.3) is 0 Å². The van der Waals surface area contributed by atoms with Gasteiger partial charge in [-0.3, -0.25) is 0 Å². The fraction of sp³-hybridized carbons (Fsp3) is 0.531. The molecule has 1 fully saturated rings. The summed E-state index contributed by atoms with van der Waals surface area (Å²) in [5, 5.41) is 1.34. The Morgan fingerprint density at radius 3 is 2.10 bits per heavy atom. The van der Waals surface area contributed by atoms with Crippen molar-refractivity contribution in [2.24, 2.45) is 33.6 Å². The predicted octanol–water partition coefficient (Wildman–Crippen LogP) is 6.84. The van der Waals surface area contributed by atoms with E-state index >= 15 is 0 Å². The van der Waals surface area contributed by atoms with Crippen LogP contribution in [0, 0.1) is 28.6 Å². The molecule has 7 heteroatoms. The number of esters is 1. The van der Waals surface area contributed by atoms with Crippen LogP contribution in [0.5, 0.6) is 0 Å². The van der Waals surface area contributed by atoms with Crippen molar-refractivity contribution in [3.63, 3.8) is 0 Å². The van der Waals surface area contributed by atoms with Crippen LogP contribution in [0.2, 0.25) is 0 Å². The monoisotopic (exact) mass is 534 g/mol. The highest BCUT2D eigenvalue weighted by Gasteiger charge is 2.51. The molecule has 1 aromatic carbocycles. The number of ether oxygens (including phenoxy) is 1. The van der Waals surface area contributed by atoms with Crippen LogP contribution in [0.25, 0.3) is 0 Å². The zero-order chi connectivity index (χ0) is 28.8. The smallest absolute Gasteiger partial charge is 0.458 e. The standard InChI is InChI=1S/C32H44N3O4/c1-21-18-24(31(2,3)4)28(25(19-21)32(5,6)7)38-29(36)23-20-35(30(37)39-34(8)9)17-13-16-26(35)33-27(23)22-14-11-10-12-15-22/h10-17,20-21,24-25,28H,18-19H2,1-9H3/q+1. The van der Waals surface area contributed by atoms with Gasteiger partial charge in [0.05, 0.1) is 5.71 Å². The van der Waals surface area contributed by atoms with Crippen molar-refractivity contribution < 1.29 is 23.6 Å². The second-order valence-corrected chi connectivity index (χ2v) is 13.6. The highest BCUT2D eigenvalue weighted by atomic mass is 16.7. The van der Waals surface area contributed by atoms with E-state index in [0.717, 1.165) is 18.4 Å². The molecule has 1 aliphatic carbocycles. The van der Waals surface area contributed by atoms with E-state index in [2.05, 4.69) is 48.5 Å². The molecule has 1 saturated carbocycles. The van der Waals surface area contributed by atoms with Gasteiger partial charge in [-0.05, 0) is 29.6 Å². The number of aliphatic imine (C=N–C) groups is 1. The number of carbonyl (C=O) groups excluding carboxylic acids is 2. The number of hydrogen-bond acceptors (Lipinski definition) is 6. The molecule has 0 bridgehead atoms.